The van der Waals surface area contributed by atoms with Crippen LogP contribution in [0.3, 0.4) is 0 Å². The second-order valence-electron chi connectivity index (χ2n) is 5.59. The Bertz CT molecular complexity index is 640. The summed E-state index contributed by atoms with van der Waals surface area (Å²) < 4.78 is 0. The van der Waals surface area contributed by atoms with Gasteiger partial charge in [0.1, 0.15) is 0 Å². The van der Waals surface area contributed by atoms with Crippen molar-refractivity contribution < 1.29 is 4.79 Å². The molecule has 122 valence electrons. The van der Waals surface area contributed by atoms with Gasteiger partial charge in [-0.3, -0.25) is 4.79 Å². The lowest BCUT2D eigenvalue weighted by Gasteiger charge is -2.19. The molecule has 0 saturated heterocycles. The van der Waals surface area contributed by atoms with Crippen LogP contribution in [0.5, 0.6) is 0 Å². The maximum absolute atomic E-state index is 12.5. The molecule has 5 heteroatoms. The van der Waals surface area contributed by atoms with Crippen molar-refractivity contribution in [2.75, 3.05) is 0 Å². The Morgan fingerprint density at radius 2 is 1.78 bits per heavy atom. The van der Waals surface area contributed by atoms with Gasteiger partial charge in [-0.2, -0.15) is 0 Å². The molecule has 1 amide bonds. The maximum Gasteiger partial charge on any atom is 0.234 e. The van der Waals surface area contributed by atoms with Crippen LogP contribution in [0.25, 0.3) is 0 Å². The summed E-state index contributed by atoms with van der Waals surface area (Å²) in [6.45, 7) is 7.89. The average molecular weight is 329 g/mol. The van der Waals surface area contributed by atoms with Gasteiger partial charge in [0.2, 0.25) is 5.91 Å². The summed E-state index contributed by atoms with van der Waals surface area (Å²) in [6, 6.07) is 11.9. The molecule has 0 radical (unpaired) electrons. The zero-order chi connectivity index (χ0) is 16.8. The Hall–Kier alpha value is -1.88. The molecule has 0 unspecified atom stereocenters. The summed E-state index contributed by atoms with van der Waals surface area (Å²) in [7, 11) is 0. The number of hydrogen-bond acceptors (Lipinski definition) is 4. The fourth-order valence-corrected chi connectivity index (χ4v) is 3.32. The third-order valence-electron chi connectivity index (χ3n) is 3.53. The van der Waals surface area contributed by atoms with E-state index in [1.54, 1.807) is 0 Å². The average Bonchev–Trinajstić information content (AvgIpc) is 2.52. The summed E-state index contributed by atoms with van der Waals surface area (Å²) >= 11 is 1.43. The highest BCUT2D eigenvalue weighted by molar-refractivity contribution is 8.00. The quantitative estimate of drug-likeness (QED) is 0.646. The van der Waals surface area contributed by atoms with E-state index in [2.05, 4.69) is 15.3 Å². The standard InChI is InChI=1S/C18H23N3OS/c1-5-16(23-18-19-12(2)11-13(3)20-18)17(22)21-14(4)15-9-7-6-8-10-15/h6-11,14,16H,5H2,1-4H3,(H,21,22)/t14-,16-/m1/s1. The molecular weight excluding hydrogens is 306 g/mol. The maximum atomic E-state index is 12.5. The molecule has 0 fully saturated rings. The van der Waals surface area contributed by atoms with Crippen molar-refractivity contribution in [2.45, 2.75) is 50.6 Å². The van der Waals surface area contributed by atoms with Gasteiger partial charge in [-0.25, -0.2) is 9.97 Å². The molecule has 4 nitrogen and oxygen atoms in total. The lowest BCUT2D eigenvalue weighted by molar-refractivity contribution is -0.121. The number of amides is 1. The molecule has 0 aliphatic rings. The van der Waals surface area contributed by atoms with Crippen LogP contribution in [0.15, 0.2) is 41.6 Å². The number of hydrogen-bond donors (Lipinski definition) is 1. The van der Waals surface area contributed by atoms with Gasteiger partial charge in [0.25, 0.3) is 0 Å². The van der Waals surface area contributed by atoms with Crippen molar-refractivity contribution in [3.05, 3.63) is 53.3 Å². The van der Waals surface area contributed by atoms with E-state index in [1.807, 2.05) is 64.1 Å². The van der Waals surface area contributed by atoms with Gasteiger partial charge in [0.05, 0.1) is 11.3 Å². The molecular formula is C18H23N3OS. The number of thioether (sulfide) groups is 1. The first-order valence-electron chi connectivity index (χ1n) is 7.84. The molecule has 0 bridgehead atoms. The second-order valence-corrected chi connectivity index (χ2v) is 6.76. The number of nitrogens with zero attached hydrogens (tertiary/aromatic N) is 2. The topological polar surface area (TPSA) is 54.9 Å². The number of carbonyl (C=O) groups is 1. The molecule has 1 aromatic heterocycles. The van der Waals surface area contributed by atoms with Gasteiger partial charge in [0, 0.05) is 11.4 Å². The third-order valence-corrected chi connectivity index (χ3v) is 4.76. The van der Waals surface area contributed by atoms with E-state index in [9.17, 15) is 4.79 Å². The Balaban J connectivity index is 2.03. The van der Waals surface area contributed by atoms with Crippen LogP contribution in [0, 0.1) is 13.8 Å². The Kier molecular flexibility index (Phi) is 6.16. The summed E-state index contributed by atoms with van der Waals surface area (Å²) in [5.41, 5.74) is 2.95. The van der Waals surface area contributed by atoms with Crippen molar-refractivity contribution in [1.82, 2.24) is 15.3 Å². The zero-order valence-corrected chi connectivity index (χ0v) is 14.9. The molecule has 23 heavy (non-hydrogen) atoms. The monoisotopic (exact) mass is 329 g/mol. The fraction of sp³-hybridized carbons (Fsp3) is 0.389. The zero-order valence-electron chi connectivity index (χ0n) is 14.0. The fourth-order valence-electron chi connectivity index (χ4n) is 2.33. The molecule has 1 heterocycles. The lowest BCUT2D eigenvalue weighted by Crippen LogP contribution is -2.34. The molecule has 1 aromatic carbocycles. The Morgan fingerprint density at radius 3 is 2.35 bits per heavy atom. The largest absolute Gasteiger partial charge is 0.349 e. The molecule has 0 aliphatic carbocycles. The van der Waals surface area contributed by atoms with Crippen LogP contribution < -0.4 is 5.32 Å². The van der Waals surface area contributed by atoms with Gasteiger partial charge in [0.15, 0.2) is 5.16 Å². The highest BCUT2D eigenvalue weighted by Gasteiger charge is 2.21. The predicted molar refractivity (Wildman–Crippen MR) is 94.4 cm³/mol. The number of aryl methyl sites for hydroxylation is 2. The second kappa shape index (κ2) is 8.11. The van der Waals surface area contributed by atoms with E-state index >= 15 is 0 Å². The van der Waals surface area contributed by atoms with Crippen LogP contribution in [0.4, 0.5) is 0 Å². The van der Waals surface area contributed by atoms with Gasteiger partial charge in [-0.1, -0.05) is 49.0 Å². The third kappa shape index (κ3) is 5.06. The first-order chi connectivity index (χ1) is 11.0. The molecule has 1 N–H and O–H groups in total. The lowest BCUT2D eigenvalue weighted by atomic mass is 10.1. The van der Waals surface area contributed by atoms with Crippen LogP contribution >= 0.6 is 11.8 Å². The molecule has 2 aromatic rings. The van der Waals surface area contributed by atoms with Crippen LogP contribution in [-0.2, 0) is 4.79 Å². The minimum absolute atomic E-state index is 0.0153. The number of aromatic nitrogens is 2. The molecule has 2 rings (SSSR count). The first kappa shape index (κ1) is 17.5. The van der Waals surface area contributed by atoms with Crippen LogP contribution in [0.2, 0.25) is 0 Å². The first-order valence-corrected chi connectivity index (χ1v) is 8.71. The van der Waals surface area contributed by atoms with E-state index < -0.39 is 0 Å². The van der Waals surface area contributed by atoms with E-state index in [0.717, 1.165) is 23.4 Å². The van der Waals surface area contributed by atoms with Crippen LogP contribution in [-0.4, -0.2) is 21.1 Å². The Labute approximate surface area is 142 Å². The van der Waals surface area contributed by atoms with Gasteiger partial charge in [-0.05, 0) is 38.8 Å². The summed E-state index contributed by atoms with van der Waals surface area (Å²) in [5, 5.41) is 3.55. The summed E-state index contributed by atoms with van der Waals surface area (Å²) in [6.07, 6.45) is 0.731. The SMILES string of the molecule is CC[C@@H](Sc1nc(C)cc(C)n1)C(=O)N[C@H](C)c1ccccc1. The van der Waals surface area contributed by atoms with Gasteiger partial charge < -0.3 is 5.32 Å². The smallest absolute Gasteiger partial charge is 0.234 e. The molecule has 2 atom stereocenters. The highest BCUT2D eigenvalue weighted by Crippen LogP contribution is 2.24. The van der Waals surface area contributed by atoms with Crippen molar-refractivity contribution in [3.8, 4) is 0 Å². The minimum atomic E-state index is -0.192. The number of nitrogens with one attached hydrogen (secondary N) is 1. The van der Waals surface area contributed by atoms with Crippen molar-refractivity contribution in [1.29, 1.82) is 0 Å². The van der Waals surface area contributed by atoms with Crippen molar-refractivity contribution in [2.24, 2.45) is 0 Å². The van der Waals surface area contributed by atoms with Crippen molar-refractivity contribution >= 4 is 17.7 Å². The predicted octanol–water partition coefficient (Wildman–Crippen LogP) is 3.84. The molecule has 0 aliphatic heterocycles. The summed E-state index contributed by atoms with van der Waals surface area (Å²) in [5.74, 6) is 0.0246. The van der Waals surface area contributed by atoms with Gasteiger partial charge >= 0.3 is 0 Å². The van der Waals surface area contributed by atoms with Crippen molar-refractivity contribution in [3.63, 3.8) is 0 Å². The van der Waals surface area contributed by atoms with E-state index in [1.165, 1.54) is 11.8 Å². The van der Waals surface area contributed by atoms with Gasteiger partial charge in [-0.15, -0.1) is 0 Å². The van der Waals surface area contributed by atoms with E-state index in [4.69, 9.17) is 0 Å². The van der Waals surface area contributed by atoms with E-state index in [0.29, 0.717) is 5.16 Å². The number of carbonyl (C=O) groups excluding carboxylic acids is 1. The number of rotatable bonds is 6. The Morgan fingerprint density at radius 1 is 1.17 bits per heavy atom. The van der Waals surface area contributed by atoms with Crippen LogP contribution in [0.1, 0.15) is 43.3 Å². The highest BCUT2D eigenvalue weighted by atomic mass is 32.2. The van der Waals surface area contributed by atoms with E-state index in [-0.39, 0.29) is 17.2 Å². The number of benzene rings is 1. The molecule has 0 spiro atoms. The normalized spacial score (nSPS) is 13.4. The summed E-state index contributed by atoms with van der Waals surface area (Å²) in [4.78, 5) is 21.4. The molecule has 0 saturated carbocycles. The minimum Gasteiger partial charge on any atom is -0.349 e.